The van der Waals surface area contributed by atoms with Gasteiger partial charge in [-0.3, -0.25) is 4.90 Å². The number of carbonyl (C=O) groups is 1. The fourth-order valence-electron chi connectivity index (χ4n) is 2.75. The van der Waals surface area contributed by atoms with E-state index >= 15 is 0 Å². The van der Waals surface area contributed by atoms with Gasteiger partial charge in [-0.2, -0.15) is 0 Å². The predicted molar refractivity (Wildman–Crippen MR) is 71.7 cm³/mol. The topological polar surface area (TPSA) is 40.5 Å². The van der Waals surface area contributed by atoms with Gasteiger partial charge in [0.25, 0.3) is 0 Å². The van der Waals surface area contributed by atoms with Crippen molar-refractivity contribution in [1.82, 2.24) is 4.90 Å². The Morgan fingerprint density at radius 1 is 1.44 bits per heavy atom. The van der Waals surface area contributed by atoms with Gasteiger partial charge in [-0.15, -0.1) is 0 Å². The number of carboxylic acids is 1. The molecule has 1 aromatic rings. The van der Waals surface area contributed by atoms with Crippen LogP contribution in [0, 0.1) is 5.41 Å². The molecule has 1 aliphatic carbocycles. The van der Waals surface area contributed by atoms with E-state index in [2.05, 4.69) is 25.8 Å². The number of aromatic carboxylic acids is 1. The van der Waals surface area contributed by atoms with Gasteiger partial charge in [0.15, 0.2) is 0 Å². The molecule has 0 spiro atoms. The molecule has 0 aromatic heterocycles. The zero-order valence-corrected chi connectivity index (χ0v) is 11.3. The summed E-state index contributed by atoms with van der Waals surface area (Å²) < 4.78 is 0. The van der Waals surface area contributed by atoms with Gasteiger partial charge in [-0.05, 0) is 43.0 Å². The van der Waals surface area contributed by atoms with Crippen LogP contribution in [0.4, 0.5) is 0 Å². The van der Waals surface area contributed by atoms with Crippen LogP contribution in [0.3, 0.4) is 0 Å². The minimum absolute atomic E-state index is 0.370. The summed E-state index contributed by atoms with van der Waals surface area (Å²) in [6.45, 7) is 5.41. The van der Waals surface area contributed by atoms with Crippen molar-refractivity contribution >= 4 is 5.97 Å². The number of hydrogen-bond donors (Lipinski definition) is 1. The molecule has 0 bridgehead atoms. The van der Waals surface area contributed by atoms with Crippen molar-refractivity contribution in [3.05, 3.63) is 35.4 Å². The molecule has 1 fully saturated rings. The van der Waals surface area contributed by atoms with E-state index in [0.29, 0.717) is 17.0 Å². The minimum atomic E-state index is -0.857. The highest BCUT2D eigenvalue weighted by atomic mass is 16.4. The highest BCUT2D eigenvalue weighted by Gasteiger charge is 2.37. The van der Waals surface area contributed by atoms with Crippen LogP contribution in [0.15, 0.2) is 24.3 Å². The standard InChI is InChI=1S/C15H21NO2/c1-15(2)8-13(9-15)16(3)10-11-5-4-6-12(7-11)14(17)18/h4-7,13H,8-10H2,1-3H3,(H,17,18). The third-order valence-electron chi connectivity index (χ3n) is 3.81. The maximum absolute atomic E-state index is 10.9. The smallest absolute Gasteiger partial charge is 0.335 e. The van der Waals surface area contributed by atoms with Crippen LogP contribution >= 0.6 is 0 Å². The molecule has 0 amide bonds. The monoisotopic (exact) mass is 247 g/mol. The zero-order valence-electron chi connectivity index (χ0n) is 11.3. The Hall–Kier alpha value is -1.35. The summed E-state index contributed by atoms with van der Waals surface area (Å²) in [6, 6.07) is 7.85. The van der Waals surface area contributed by atoms with Crippen LogP contribution in [0.2, 0.25) is 0 Å². The Labute approximate surface area is 108 Å². The Morgan fingerprint density at radius 3 is 2.67 bits per heavy atom. The highest BCUT2D eigenvalue weighted by molar-refractivity contribution is 5.87. The molecule has 0 unspecified atom stereocenters. The van der Waals surface area contributed by atoms with Gasteiger partial charge >= 0.3 is 5.97 Å². The van der Waals surface area contributed by atoms with E-state index in [0.717, 1.165) is 12.1 Å². The summed E-state index contributed by atoms with van der Waals surface area (Å²) in [4.78, 5) is 13.2. The molecule has 0 heterocycles. The van der Waals surface area contributed by atoms with Crippen molar-refractivity contribution in [2.24, 2.45) is 5.41 Å². The van der Waals surface area contributed by atoms with Crippen molar-refractivity contribution in [1.29, 1.82) is 0 Å². The van der Waals surface area contributed by atoms with Crippen molar-refractivity contribution in [2.45, 2.75) is 39.3 Å². The fourth-order valence-corrected chi connectivity index (χ4v) is 2.75. The van der Waals surface area contributed by atoms with E-state index in [1.807, 2.05) is 12.1 Å². The van der Waals surface area contributed by atoms with Crippen molar-refractivity contribution in [2.75, 3.05) is 7.05 Å². The molecule has 0 saturated heterocycles. The molecule has 1 saturated carbocycles. The highest BCUT2D eigenvalue weighted by Crippen LogP contribution is 2.42. The van der Waals surface area contributed by atoms with Gasteiger partial charge in [0.05, 0.1) is 5.56 Å². The fraction of sp³-hybridized carbons (Fsp3) is 0.533. The van der Waals surface area contributed by atoms with Gasteiger partial charge in [0, 0.05) is 12.6 Å². The summed E-state index contributed by atoms with van der Waals surface area (Å²) in [5.74, 6) is -0.857. The lowest BCUT2D eigenvalue weighted by Crippen LogP contribution is -2.46. The molecule has 0 radical (unpaired) electrons. The first kappa shape index (κ1) is 13.1. The van der Waals surface area contributed by atoms with Gasteiger partial charge in [-0.1, -0.05) is 26.0 Å². The molecule has 98 valence electrons. The zero-order chi connectivity index (χ0) is 13.3. The SMILES string of the molecule is CN(Cc1cccc(C(=O)O)c1)C1CC(C)(C)C1. The lowest BCUT2D eigenvalue weighted by molar-refractivity contribution is 0.0374. The van der Waals surface area contributed by atoms with Crippen LogP contribution in [-0.2, 0) is 6.54 Å². The molecule has 3 heteroatoms. The quantitative estimate of drug-likeness (QED) is 0.889. The molecule has 3 nitrogen and oxygen atoms in total. The first-order valence-electron chi connectivity index (χ1n) is 6.40. The van der Waals surface area contributed by atoms with Gasteiger partial charge in [0.1, 0.15) is 0 Å². The minimum Gasteiger partial charge on any atom is -0.478 e. The second-order valence-electron chi connectivity index (χ2n) is 6.15. The third kappa shape index (κ3) is 2.91. The second kappa shape index (κ2) is 4.73. The van der Waals surface area contributed by atoms with Crippen molar-refractivity contribution in [3.63, 3.8) is 0 Å². The molecule has 0 aliphatic heterocycles. The first-order valence-corrected chi connectivity index (χ1v) is 6.40. The number of nitrogens with zero attached hydrogens (tertiary/aromatic N) is 1. The van der Waals surface area contributed by atoms with Gasteiger partial charge < -0.3 is 5.11 Å². The summed E-state index contributed by atoms with van der Waals surface area (Å²) in [7, 11) is 2.12. The maximum Gasteiger partial charge on any atom is 0.335 e. The van der Waals surface area contributed by atoms with E-state index in [-0.39, 0.29) is 0 Å². The van der Waals surface area contributed by atoms with Crippen LogP contribution in [0.25, 0.3) is 0 Å². The average molecular weight is 247 g/mol. The predicted octanol–water partition coefficient (Wildman–Crippen LogP) is 3.01. The molecule has 2 rings (SSSR count). The number of hydrogen-bond acceptors (Lipinski definition) is 2. The van der Waals surface area contributed by atoms with Crippen LogP contribution in [0.5, 0.6) is 0 Å². The normalized spacial score (nSPS) is 18.7. The Kier molecular flexibility index (Phi) is 3.44. The van der Waals surface area contributed by atoms with E-state index in [9.17, 15) is 4.79 Å². The van der Waals surface area contributed by atoms with Gasteiger partial charge in [-0.25, -0.2) is 4.79 Å². The third-order valence-corrected chi connectivity index (χ3v) is 3.81. The molecular weight excluding hydrogens is 226 g/mol. The van der Waals surface area contributed by atoms with E-state index in [4.69, 9.17) is 5.11 Å². The summed E-state index contributed by atoms with van der Waals surface area (Å²) in [5.41, 5.74) is 1.92. The van der Waals surface area contributed by atoms with E-state index in [1.54, 1.807) is 12.1 Å². The maximum atomic E-state index is 10.9. The molecule has 18 heavy (non-hydrogen) atoms. The van der Waals surface area contributed by atoms with Crippen LogP contribution < -0.4 is 0 Å². The lowest BCUT2D eigenvalue weighted by Gasteiger charge is -2.47. The number of benzene rings is 1. The largest absolute Gasteiger partial charge is 0.478 e. The summed E-state index contributed by atoms with van der Waals surface area (Å²) in [5, 5.41) is 8.96. The van der Waals surface area contributed by atoms with Crippen LogP contribution in [0.1, 0.15) is 42.6 Å². The van der Waals surface area contributed by atoms with Gasteiger partial charge in [0.2, 0.25) is 0 Å². The Morgan fingerprint density at radius 2 is 2.11 bits per heavy atom. The summed E-state index contributed by atoms with van der Waals surface area (Å²) >= 11 is 0. The lowest BCUT2D eigenvalue weighted by atomic mass is 9.68. The van der Waals surface area contributed by atoms with E-state index in [1.165, 1.54) is 12.8 Å². The molecule has 1 N–H and O–H groups in total. The first-order chi connectivity index (χ1) is 8.37. The van der Waals surface area contributed by atoms with Crippen molar-refractivity contribution < 1.29 is 9.90 Å². The second-order valence-corrected chi connectivity index (χ2v) is 6.15. The Balaban J connectivity index is 1.97. The number of carboxylic acid groups (broad SMARTS) is 1. The molecule has 0 atom stereocenters. The molecule has 1 aliphatic rings. The number of rotatable bonds is 4. The van der Waals surface area contributed by atoms with E-state index < -0.39 is 5.97 Å². The molecular formula is C15H21NO2. The Bertz CT molecular complexity index is 446. The van der Waals surface area contributed by atoms with Crippen molar-refractivity contribution in [3.8, 4) is 0 Å². The molecule has 1 aromatic carbocycles. The average Bonchev–Trinajstić information content (AvgIpc) is 2.26. The van der Waals surface area contributed by atoms with Crippen LogP contribution in [-0.4, -0.2) is 29.1 Å². The summed E-state index contributed by atoms with van der Waals surface area (Å²) in [6.07, 6.45) is 2.45.